The van der Waals surface area contributed by atoms with E-state index in [0.29, 0.717) is 18.6 Å². The molecule has 2 aromatic carbocycles. The molecule has 44 heavy (non-hydrogen) atoms. The van der Waals surface area contributed by atoms with Crippen LogP contribution in [0, 0.1) is 5.92 Å². The molecule has 0 aliphatic carbocycles. The molecule has 5 aromatic rings. The Bertz CT molecular complexity index is 1680. The lowest BCUT2D eigenvalue weighted by atomic mass is 9.98. The summed E-state index contributed by atoms with van der Waals surface area (Å²) < 4.78 is 14.4. The molecule has 0 saturated carbocycles. The zero-order chi connectivity index (χ0) is 30.9. The molecular weight excluding hydrogens is 556 g/mol. The van der Waals surface area contributed by atoms with Crippen LogP contribution in [0.3, 0.4) is 0 Å². The largest absolute Gasteiger partial charge is 0.462 e. The summed E-state index contributed by atoms with van der Waals surface area (Å²) in [6, 6.07) is 19.6. The summed E-state index contributed by atoms with van der Waals surface area (Å²) in [6.45, 7) is 9.97. The fraction of sp³-hybridized carbons (Fsp3) is 0.353. The van der Waals surface area contributed by atoms with E-state index in [1.807, 2.05) is 55.8 Å². The number of aromatic nitrogens is 4. The van der Waals surface area contributed by atoms with Crippen LogP contribution < -0.4 is 10.6 Å². The molecule has 1 aliphatic rings. The highest BCUT2D eigenvalue weighted by Gasteiger charge is 2.15. The second-order valence-electron chi connectivity index (χ2n) is 11.9. The number of anilines is 2. The van der Waals surface area contributed by atoms with E-state index in [9.17, 15) is 9.59 Å². The summed E-state index contributed by atoms with van der Waals surface area (Å²) in [6.07, 6.45) is 8.17. The fourth-order valence-corrected chi connectivity index (χ4v) is 5.27. The number of nitrogens with zero attached hydrogens (tertiary/aromatic N) is 4. The van der Waals surface area contributed by atoms with Gasteiger partial charge in [0.15, 0.2) is 5.82 Å². The van der Waals surface area contributed by atoms with Gasteiger partial charge >= 0.3 is 5.97 Å². The van der Waals surface area contributed by atoms with E-state index in [1.54, 1.807) is 18.5 Å². The number of hydrogen-bond donors (Lipinski definition) is 2. The van der Waals surface area contributed by atoms with Crippen molar-refractivity contribution in [3.8, 4) is 0 Å². The van der Waals surface area contributed by atoms with Gasteiger partial charge in [0, 0.05) is 35.5 Å². The summed E-state index contributed by atoms with van der Waals surface area (Å²) in [5.74, 6) is 1.12. The number of ether oxygens (including phenoxy) is 2. The molecule has 1 saturated heterocycles. The second-order valence-corrected chi connectivity index (χ2v) is 11.9. The molecule has 230 valence electrons. The Morgan fingerprint density at radius 2 is 1.80 bits per heavy atom. The fourth-order valence-electron chi connectivity index (χ4n) is 5.27. The minimum Gasteiger partial charge on any atom is -0.462 e. The van der Waals surface area contributed by atoms with Gasteiger partial charge in [-0.1, -0.05) is 18.2 Å². The maximum Gasteiger partial charge on any atom is 0.338 e. The molecule has 10 heteroatoms. The Kier molecular flexibility index (Phi) is 9.91. The summed E-state index contributed by atoms with van der Waals surface area (Å²) >= 11 is 0. The van der Waals surface area contributed by atoms with Crippen LogP contribution in [0.5, 0.6) is 0 Å². The zero-order valence-electron chi connectivity index (χ0n) is 25.5. The first-order valence-electron chi connectivity index (χ1n) is 15.0. The lowest BCUT2D eigenvalue weighted by Crippen LogP contribution is -2.29. The van der Waals surface area contributed by atoms with E-state index < -0.39 is 0 Å². The number of carbonyl (C=O) groups excluding carboxylic acids is 2. The average Bonchev–Trinajstić information content (AvgIpc) is 3.62. The standard InChI is InChI=1S/C29H30N6O2.C5H10O2/c36-29(22-4-2-1-3-5-22)37-17-16-34-15-11-25-27(34)28(32-20-31-25)33-24-6-7-26-23(18-24)10-14-35(26)19-21-8-12-30-13-9-21;1-5(2,3)7-4-6/h1-7,10-11,14-15,18,20-21,30H,8-9,12-13,16-17,19H2,(H,31,32,33);4H,1-3H3. The van der Waals surface area contributed by atoms with Crippen molar-refractivity contribution >= 4 is 45.9 Å². The third-order valence-electron chi connectivity index (χ3n) is 7.47. The van der Waals surface area contributed by atoms with E-state index in [4.69, 9.17) is 4.74 Å². The van der Waals surface area contributed by atoms with E-state index in [-0.39, 0.29) is 18.2 Å². The molecule has 0 bridgehead atoms. The van der Waals surface area contributed by atoms with Crippen LogP contribution >= 0.6 is 0 Å². The number of rotatable bonds is 9. The normalized spacial score (nSPS) is 13.7. The molecule has 10 nitrogen and oxygen atoms in total. The van der Waals surface area contributed by atoms with Crippen molar-refractivity contribution in [2.45, 2.75) is 52.3 Å². The monoisotopic (exact) mass is 596 g/mol. The average molecular weight is 597 g/mol. The van der Waals surface area contributed by atoms with Gasteiger partial charge in [0.1, 0.15) is 24.1 Å². The van der Waals surface area contributed by atoms with E-state index in [0.717, 1.165) is 48.1 Å². The molecule has 1 aliphatic heterocycles. The molecule has 3 aromatic heterocycles. The molecule has 0 spiro atoms. The van der Waals surface area contributed by atoms with Gasteiger partial charge in [0.25, 0.3) is 6.47 Å². The van der Waals surface area contributed by atoms with Gasteiger partial charge in [-0.15, -0.1) is 0 Å². The predicted molar refractivity (Wildman–Crippen MR) is 172 cm³/mol. The molecule has 6 rings (SSSR count). The number of esters is 1. The van der Waals surface area contributed by atoms with Gasteiger partial charge in [-0.2, -0.15) is 0 Å². The van der Waals surface area contributed by atoms with Gasteiger partial charge in [0.2, 0.25) is 0 Å². The highest BCUT2D eigenvalue weighted by atomic mass is 16.5. The minimum atomic E-state index is -0.327. The van der Waals surface area contributed by atoms with Crippen molar-refractivity contribution in [1.29, 1.82) is 0 Å². The zero-order valence-corrected chi connectivity index (χ0v) is 25.5. The Balaban J connectivity index is 0.000000493. The van der Waals surface area contributed by atoms with Crippen LogP contribution in [0.15, 0.2) is 79.4 Å². The van der Waals surface area contributed by atoms with Gasteiger partial charge < -0.3 is 29.2 Å². The Hall–Kier alpha value is -4.70. The summed E-state index contributed by atoms with van der Waals surface area (Å²) in [5, 5.41) is 8.13. The predicted octanol–water partition coefficient (Wildman–Crippen LogP) is 5.94. The van der Waals surface area contributed by atoms with E-state index in [2.05, 4.69) is 60.4 Å². The smallest absolute Gasteiger partial charge is 0.338 e. The van der Waals surface area contributed by atoms with Gasteiger partial charge in [-0.05, 0) is 95.1 Å². The van der Waals surface area contributed by atoms with Crippen LogP contribution in [0.2, 0.25) is 0 Å². The third kappa shape index (κ3) is 8.02. The molecule has 1 fully saturated rings. The topological polar surface area (TPSA) is 112 Å². The quantitative estimate of drug-likeness (QED) is 0.159. The van der Waals surface area contributed by atoms with Gasteiger partial charge in [-0.3, -0.25) is 4.79 Å². The number of nitrogens with one attached hydrogen (secondary N) is 2. The highest BCUT2D eigenvalue weighted by molar-refractivity contribution is 5.91. The lowest BCUT2D eigenvalue weighted by Gasteiger charge is -2.23. The number of fused-ring (bicyclic) bond motifs is 2. The Morgan fingerprint density at radius 1 is 1.02 bits per heavy atom. The van der Waals surface area contributed by atoms with Crippen LogP contribution in [-0.2, 0) is 27.4 Å². The van der Waals surface area contributed by atoms with Crippen LogP contribution in [0.1, 0.15) is 44.0 Å². The van der Waals surface area contributed by atoms with Crippen molar-refractivity contribution in [1.82, 2.24) is 24.4 Å². The highest BCUT2D eigenvalue weighted by Crippen LogP contribution is 2.28. The maximum atomic E-state index is 12.3. The van der Waals surface area contributed by atoms with Crippen molar-refractivity contribution in [3.05, 3.63) is 84.9 Å². The molecule has 0 radical (unpaired) electrons. The van der Waals surface area contributed by atoms with Crippen molar-refractivity contribution in [3.63, 3.8) is 0 Å². The van der Waals surface area contributed by atoms with Crippen LogP contribution in [-0.4, -0.2) is 56.8 Å². The first kappa shape index (κ1) is 30.7. The number of benzene rings is 2. The van der Waals surface area contributed by atoms with Crippen molar-refractivity contribution in [2.24, 2.45) is 5.92 Å². The Labute approximate surface area is 257 Å². The minimum absolute atomic E-state index is 0.252. The van der Waals surface area contributed by atoms with E-state index in [1.165, 1.54) is 23.7 Å². The van der Waals surface area contributed by atoms with Gasteiger partial charge in [0.05, 0.1) is 17.6 Å². The number of carbonyl (C=O) groups is 2. The lowest BCUT2D eigenvalue weighted by molar-refractivity contribution is -0.138. The van der Waals surface area contributed by atoms with Crippen LogP contribution in [0.25, 0.3) is 21.9 Å². The molecule has 2 N–H and O–H groups in total. The third-order valence-corrected chi connectivity index (χ3v) is 7.47. The SMILES string of the molecule is CC(C)(C)OC=O.O=C(OCCn1ccc2ncnc(Nc3ccc4c(ccn4CC4CCNCC4)c3)c21)c1ccccc1. The molecule has 0 unspecified atom stereocenters. The molecule has 0 atom stereocenters. The maximum absolute atomic E-state index is 12.3. The number of piperidine rings is 1. The van der Waals surface area contributed by atoms with E-state index >= 15 is 0 Å². The van der Waals surface area contributed by atoms with Gasteiger partial charge in [-0.25, -0.2) is 14.8 Å². The summed E-state index contributed by atoms with van der Waals surface area (Å²) in [4.78, 5) is 30.8. The van der Waals surface area contributed by atoms with Crippen molar-refractivity contribution < 1.29 is 19.1 Å². The molecule has 4 heterocycles. The Morgan fingerprint density at radius 3 is 2.52 bits per heavy atom. The summed E-state index contributed by atoms with van der Waals surface area (Å²) in [5.41, 5.74) is 4.16. The first-order valence-corrected chi connectivity index (χ1v) is 15.0. The second kappa shape index (κ2) is 14.2. The summed E-state index contributed by atoms with van der Waals surface area (Å²) in [7, 11) is 0. The van der Waals surface area contributed by atoms with Crippen molar-refractivity contribution in [2.75, 3.05) is 25.0 Å². The van der Waals surface area contributed by atoms with Crippen LogP contribution in [0.4, 0.5) is 11.5 Å². The number of hydrogen-bond acceptors (Lipinski definition) is 8. The molecule has 0 amide bonds. The molecular formula is C34H40N6O4. The first-order chi connectivity index (χ1) is 21.3.